The van der Waals surface area contributed by atoms with Crippen LogP contribution in [-0.4, -0.2) is 31.7 Å². The molecule has 1 rings (SSSR count). The van der Waals surface area contributed by atoms with E-state index in [1.54, 1.807) is 0 Å². The first-order valence-corrected chi connectivity index (χ1v) is 5.42. The van der Waals surface area contributed by atoms with E-state index in [4.69, 9.17) is 0 Å². The minimum absolute atomic E-state index is 0.276. The highest BCUT2D eigenvalue weighted by molar-refractivity contribution is 5.76. The molecule has 3 nitrogen and oxygen atoms in total. The second-order valence-corrected chi connectivity index (χ2v) is 4.33. The van der Waals surface area contributed by atoms with Gasteiger partial charge in [0.25, 0.3) is 0 Å². The Labute approximate surface area is 92.8 Å². The topological polar surface area (TPSA) is 41.1 Å². The lowest BCUT2D eigenvalue weighted by molar-refractivity contribution is -0.153. The molecule has 0 aromatic rings. The molecule has 1 aliphatic rings. The second kappa shape index (κ2) is 5.52. The fourth-order valence-electron chi connectivity index (χ4n) is 1.86. The predicted octanol–water partition coefficient (Wildman–Crippen LogP) is 1.30. The zero-order chi connectivity index (χ0) is 12.2. The first kappa shape index (κ1) is 13.3. The third-order valence-electron chi connectivity index (χ3n) is 2.89. The minimum Gasteiger partial charge on any atom is -0.356 e. The van der Waals surface area contributed by atoms with Gasteiger partial charge in [-0.25, -0.2) is 0 Å². The van der Waals surface area contributed by atoms with E-state index in [9.17, 15) is 18.0 Å². The van der Waals surface area contributed by atoms with Gasteiger partial charge in [-0.2, -0.15) is 13.2 Å². The first-order chi connectivity index (χ1) is 7.38. The molecule has 94 valence electrons. The van der Waals surface area contributed by atoms with E-state index < -0.39 is 18.5 Å². The maximum atomic E-state index is 11.9. The van der Waals surface area contributed by atoms with Crippen molar-refractivity contribution in [2.24, 2.45) is 11.8 Å². The van der Waals surface area contributed by atoms with E-state index in [1.807, 2.05) is 6.92 Å². The summed E-state index contributed by atoms with van der Waals surface area (Å²) in [6.07, 6.45) is -4.90. The van der Waals surface area contributed by atoms with Gasteiger partial charge >= 0.3 is 6.18 Å². The summed E-state index contributed by atoms with van der Waals surface area (Å²) in [7, 11) is 0. The van der Waals surface area contributed by atoms with Crippen LogP contribution in [0.3, 0.4) is 0 Å². The third-order valence-corrected chi connectivity index (χ3v) is 2.89. The van der Waals surface area contributed by atoms with Crippen molar-refractivity contribution in [2.45, 2.75) is 25.9 Å². The van der Waals surface area contributed by atoms with Gasteiger partial charge in [0, 0.05) is 6.54 Å². The van der Waals surface area contributed by atoms with Crippen molar-refractivity contribution in [1.82, 2.24) is 10.6 Å². The third kappa shape index (κ3) is 4.83. The van der Waals surface area contributed by atoms with Crippen LogP contribution in [0.5, 0.6) is 0 Å². The van der Waals surface area contributed by atoms with Crippen molar-refractivity contribution in [1.29, 1.82) is 0 Å². The highest BCUT2D eigenvalue weighted by Crippen LogP contribution is 2.20. The summed E-state index contributed by atoms with van der Waals surface area (Å²) in [6.45, 7) is 4.11. The summed E-state index contributed by atoms with van der Waals surface area (Å²) < 4.78 is 35.6. The molecule has 2 unspecified atom stereocenters. The van der Waals surface area contributed by atoms with Crippen LogP contribution in [0.4, 0.5) is 13.2 Å². The molecule has 16 heavy (non-hydrogen) atoms. The maximum absolute atomic E-state index is 11.9. The lowest BCUT2D eigenvalue weighted by Gasteiger charge is -2.29. The number of amides is 1. The van der Waals surface area contributed by atoms with Crippen LogP contribution in [0, 0.1) is 11.8 Å². The smallest absolute Gasteiger partial charge is 0.356 e. The van der Waals surface area contributed by atoms with Crippen LogP contribution >= 0.6 is 0 Å². The number of hydrogen-bond donors (Lipinski definition) is 2. The van der Waals surface area contributed by atoms with Crippen molar-refractivity contribution >= 4 is 5.91 Å². The van der Waals surface area contributed by atoms with Crippen molar-refractivity contribution in [3.8, 4) is 0 Å². The van der Waals surface area contributed by atoms with Gasteiger partial charge < -0.3 is 10.6 Å². The number of alkyl halides is 3. The summed E-state index contributed by atoms with van der Waals surface area (Å²) in [5.41, 5.74) is 0. The van der Waals surface area contributed by atoms with Gasteiger partial charge in [0.2, 0.25) is 5.91 Å². The highest BCUT2D eigenvalue weighted by Gasteiger charge is 2.31. The van der Waals surface area contributed by atoms with Crippen molar-refractivity contribution in [3.63, 3.8) is 0 Å². The van der Waals surface area contributed by atoms with Gasteiger partial charge in [0.1, 0.15) is 6.42 Å². The Kier molecular flexibility index (Phi) is 4.58. The van der Waals surface area contributed by atoms with Gasteiger partial charge in [0.15, 0.2) is 0 Å². The molecule has 0 aromatic heterocycles. The number of nitrogens with one attached hydrogen (secondary N) is 2. The minimum atomic E-state index is -4.41. The van der Waals surface area contributed by atoms with Crippen LogP contribution in [0.25, 0.3) is 0 Å². The molecule has 2 N–H and O–H groups in total. The standard InChI is InChI=1S/C10H17F3N2O/c1-7-5-14-3-2-8(7)6-15-9(16)4-10(11,12)13/h7-8,14H,2-6H2,1H3,(H,15,16). The molecule has 1 amide bonds. The van der Waals surface area contributed by atoms with E-state index in [2.05, 4.69) is 10.6 Å². The molecule has 0 bridgehead atoms. The Morgan fingerprint density at radius 2 is 2.19 bits per heavy atom. The Bertz CT molecular complexity index is 243. The van der Waals surface area contributed by atoms with E-state index in [-0.39, 0.29) is 5.92 Å². The first-order valence-electron chi connectivity index (χ1n) is 5.42. The quantitative estimate of drug-likeness (QED) is 0.778. The Hall–Kier alpha value is -0.780. The maximum Gasteiger partial charge on any atom is 0.397 e. The van der Waals surface area contributed by atoms with Crippen LogP contribution < -0.4 is 10.6 Å². The summed E-state index contributed by atoms with van der Waals surface area (Å²) in [5.74, 6) is -0.267. The fraction of sp³-hybridized carbons (Fsp3) is 0.900. The molecule has 6 heteroatoms. The van der Waals surface area contributed by atoms with E-state index in [0.717, 1.165) is 19.5 Å². The summed E-state index contributed by atoms with van der Waals surface area (Å²) in [4.78, 5) is 11.0. The van der Waals surface area contributed by atoms with E-state index in [0.29, 0.717) is 12.5 Å². The Morgan fingerprint density at radius 1 is 1.50 bits per heavy atom. The Balaban J connectivity index is 2.25. The number of rotatable bonds is 3. The average molecular weight is 238 g/mol. The molecular formula is C10H17F3N2O. The van der Waals surface area contributed by atoms with Gasteiger partial charge in [-0.15, -0.1) is 0 Å². The molecule has 0 aromatic carbocycles. The van der Waals surface area contributed by atoms with Crippen LogP contribution in [0.15, 0.2) is 0 Å². The molecule has 0 spiro atoms. The van der Waals surface area contributed by atoms with Gasteiger partial charge in [-0.1, -0.05) is 6.92 Å². The van der Waals surface area contributed by atoms with E-state index in [1.165, 1.54) is 0 Å². The zero-order valence-corrected chi connectivity index (χ0v) is 9.23. The molecule has 0 radical (unpaired) electrons. The summed E-state index contributed by atoms with van der Waals surface area (Å²) in [5, 5.41) is 5.55. The molecular weight excluding hydrogens is 221 g/mol. The number of carbonyl (C=O) groups is 1. The molecule has 1 heterocycles. The predicted molar refractivity (Wildman–Crippen MR) is 53.8 cm³/mol. The normalized spacial score (nSPS) is 26.5. The van der Waals surface area contributed by atoms with Gasteiger partial charge in [0.05, 0.1) is 0 Å². The lowest BCUT2D eigenvalue weighted by atomic mass is 9.88. The van der Waals surface area contributed by atoms with Crippen molar-refractivity contribution in [2.75, 3.05) is 19.6 Å². The Morgan fingerprint density at radius 3 is 2.75 bits per heavy atom. The number of piperidine rings is 1. The summed E-state index contributed by atoms with van der Waals surface area (Å²) >= 11 is 0. The van der Waals surface area contributed by atoms with E-state index >= 15 is 0 Å². The average Bonchev–Trinajstić information content (AvgIpc) is 2.14. The summed E-state index contributed by atoms with van der Waals surface area (Å²) in [6, 6.07) is 0. The molecule has 2 atom stereocenters. The van der Waals surface area contributed by atoms with Gasteiger partial charge in [-0.3, -0.25) is 4.79 Å². The van der Waals surface area contributed by atoms with Crippen LogP contribution in [0.1, 0.15) is 19.8 Å². The van der Waals surface area contributed by atoms with Gasteiger partial charge in [-0.05, 0) is 31.3 Å². The number of hydrogen-bond acceptors (Lipinski definition) is 2. The lowest BCUT2D eigenvalue weighted by Crippen LogP contribution is -2.41. The van der Waals surface area contributed by atoms with Crippen molar-refractivity contribution < 1.29 is 18.0 Å². The van der Waals surface area contributed by atoms with Crippen LogP contribution in [-0.2, 0) is 4.79 Å². The molecule has 0 aliphatic carbocycles. The second-order valence-electron chi connectivity index (χ2n) is 4.33. The monoisotopic (exact) mass is 238 g/mol. The number of carbonyl (C=O) groups excluding carboxylic acids is 1. The zero-order valence-electron chi connectivity index (χ0n) is 9.23. The molecule has 1 fully saturated rings. The van der Waals surface area contributed by atoms with Crippen molar-refractivity contribution in [3.05, 3.63) is 0 Å². The largest absolute Gasteiger partial charge is 0.397 e. The number of halogens is 3. The fourth-order valence-corrected chi connectivity index (χ4v) is 1.86. The SMILES string of the molecule is CC1CNCCC1CNC(=O)CC(F)(F)F. The molecule has 1 saturated heterocycles. The molecule has 0 saturated carbocycles. The van der Waals surface area contributed by atoms with Crippen LogP contribution in [0.2, 0.25) is 0 Å². The highest BCUT2D eigenvalue weighted by atomic mass is 19.4. The molecule has 1 aliphatic heterocycles.